The average molecular weight is 204 g/mol. The van der Waals surface area contributed by atoms with Gasteiger partial charge in [0.05, 0.1) is 11.8 Å². The summed E-state index contributed by atoms with van der Waals surface area (Å²) in [6, 6.07) is 8.42. The van der Waals surface area contributed by atoms with Gasteiger partial charge in [-0.1, -0.05) is 18.6 Å². The second-order valence-corrected chi connectivity index (χ2v) is 3.92. The number of halogens is 1. The number of hydrogen-bond donors (Lipinski definition) is 1. The second-order valence-electron chi connectivity index (χ2n) is 3.92. The molecule has 0 amide bonds. The molecule has 3 heteroatoms. The molecule has 15 heavy (non-hydrogen) atoms. The van der Waals surface area contributed by atoms with Crippen molar-refractivity contribution in [3.8, 4) is 6.07 Å². The van der Waals surface area contributed by atoms with Crippen molar-refractivity contribution in [1.82, 2.24) is 0 Å². The Kier molecular flexibility index (Phi) is 2.86. The molecule has 1 unspecified atom stereocenters. The van der Waals surface area contributed by atoms with Gasteiger partial charge < -0.3 is 5.32 Å². The van der Waals surface area contributed by atoms with Gasteiger partial charge in [0.25, 0.3) is 0 Å². The quantitative estimate of drug-likeness (QED) is 0.821. The summed E-state index contributed by atoms with van der Waals surface area (Å²) in [5.41, 5.74) is 0.427. The highest BCUT2D eigenvalue weighted by molar-refractivity contribution is 5.46. The number of nitrogens with zero attached hydrogens (tertiary/aromatic N) is 1. The first-order valence-electron chi connectivity index (χ1n) is 5.22. The summed E-state index contributed by atoms with van der Waals surface area (Å²) in [6.07, 6.45) is 3.32. The highest BCUT2D eigenvalue weighted by Crippen LogP contribution is 2.31. The molecule has 0 heterocycles. The van der Waals surface area contributed by atoms with Crippen LogP contribution in [0.4, 0.5) is 10.1 Å². The van der Waals surface area contributed by atoms with Gasteiger partial charge in [-0.2, -0.15) is 5.26 Å². The van der Waals surface area contributed by atoms with Crippen molar-refractivity contribution in [3.63, 3.8) is 0 Å². The Hall–Kier alpha value is -1.56. The zero-order valence-corrected chi connectivity index (χ0v) is 8.41. The van der Waals surface area contributed by atoms with Gasteiger partial charge in [0, 0.05) is 0 Å². The van der Waals surface area contributed by atoms with Gasteiger partial charge in [0.2, 0.25) is 0 Å². The number of nitrogens with one attached hydrogen (secondary N) is 1. The van der Waals surface area contributed by atoms with Crippen LogP contribution in [-0.2, 0) is 0 Å². The Labute approximate surface area is 88.7 Å². The Balaban J connectivity index is 2.06. The predicted molar refractivity (Wildman–Crippen MR) is 56.8 cm³/mol. The highest BCUT2D eigenvalue weighted by atomic mass is 19.1. The van der Waals surface area contributed by atoms with E-state index in [0.717, 1.165) is 12.8 Å². The van der Waals surface area contributed by atoms with Crippen LogP contribution in [-0.4, -0.2) is 6.04 Å². The molecule has 1 aromatic rings. The molecule has 0 aromatic heterocycles. The number of anilines is 1. The van der Waals surface area contributed by atoms with Crippen LogP contribution in [0.25, 0.3) is 0 Å². The van der Waals surface area contributed by atoms with Crippen molar-refractivity contribution in [2.45, 2.75) is 25.3 Å². The van der Waals surface area contributed by atoms with E-state index < -0.39 is 0 Å². The molecule has 78 valence electrons. The van der Waals surface area contributed by atoms with Crippen LogP contribution in [0.3, 0.4) is 0 Å². The van der Waals surface area contributed by atoms with E-state index in [1.54, 1.807) is 18.2 Å². The second kappa shape index (κ2) is 4.31. The molecular weight excluding hydrogens is 191 g/mol. The zero-order chi connectivity index (χ0) is 10.7. The summed E-state index contributed by atoms with van der Waals surface area (Å²) in [6.45, 7) is 0. The van der Waals surface area contributed by atoms with Crippen LogP contribution in [0.1, 0.15) is 19.3 Å². The number of hydrogen-bond acceptors (Lipinski definition) is 2. The minimum Gasteiger partial charge on any atom is -0.367 e. The van der Waals surface area contributed by atoms with Crippen molar-refractivity contribution in [1.29, 1.82) is 5.26 Å². The number of para-hydroxylation sites is 1. The molecule has 1 saturated carbocycles. The summed E-state index contributed by atoms with van der Waals surface area (Å²) >= 11 is 0. The lowest BCUT2D eigenvalue weighted by atomic mass is 9.80. The van der Waals surface area contributed by atoms with Gasteiger partial charge in [-0.05, 0) is 30.9 Å². The summed E-state index contributed by atoms with van der Waals surface area (Å²) in [7, 11) is 0. The van der Waals surface area contributed by atoms with Crippen LogP contribution in [0.5, 0.6) is 0 Å². The minimum atomic E-state index is -0.294. The van der Waals surface area contributed by atoms with Gasteiger partial charge in [0.1, 0.15) is 11.9 Å². The van der Waals surface area contributed by atoms with Gasteiger partial charge in [0.15, 0.2) is 0 Å². The SMILES string of the molecule is N#CC(Nc1ccccc1F)C1CCC1. The first-order chi connectivity index (χ1) is 7.31. The Morgan fingerprint density at radius 1 is 1.40 bits per heavy atom. The molecule has 0 aliphatic heterocycles. The van der Waals surface area contributed by atoms with Crippen LogP contribution < -0.4 is 5.32 Å². The third kappa shape index (κ3) is 2.10. The van der Waals surface area contributed by atoms with Crippen LogP contribution in [0.15, 0.2) is 24.3 Å². The third-order valence-corrected chi connectivity index (χ3v) is 2.95. The fourth-order valence-corrected chi connectivity index (χ4v) is 1.77. The van der Waals surface area contributed by atoms with Gasteiger partial charge >= 0.3 is 0 Å². The van der Waals surface area contributed by atoms with E-state index in [4.69, 9.17) is 5.26 Å². The van der Waals surface area contributed by atoms with Crippen molar-refractivity contribution in [2.24, 2.45) is 5.92 Å². The Bertz CT molecular complexity index is 379. The highest BCUT2D eigenvalue weighted by Gasteiger charge is 2.27. The molecule has 2 nitrogen and oxygen atoms in total. The predicted octanol–water partition coefficient (Wildman–Crippen LogP) is 2.93. The smallest absolute Gasteiger partial charge is 0.146 e. The number of nitriles is 1. The fourth-order valence-electron chi connectivity index (χ4n) is 1.77. The lowest BCUT2D eigenvalue weighted by Crippen LogP contribution is -2.32. The molecule has 0 bridgehead atoms. The fraction of sp³-hybridized carbons (Fsp3) is 0.417. The van der Waals surface area contributed by atoms with Crippen molar-refractivity contribution >= 4 is 5.69 Å². The molecule has 0 spiro atoms. The summed E-state index contributed by atoms with van der Waals surface area (Å²) in [5.74, 6) is 0.0895. The maximum atomic E-state index is 13.3. The van der Waals surface area contributed by atoms with Gasteiger partial charge in [-0.25, -0.2) is 4.39 Å². The first kappa shape index (κ1) is 9.97. The van der Waals surface area contributed by atoms with Gasteiger partial charge in [-0.3, -0.25) is 0 Å². The molecule has 0 saturated heterocycles. The molecule has 1 aliphatic rings. The third-order valence-electron chi connectivity index (χ3n) is 2.95. The molecule has 1 aliphatic carbocycles. The Morgan fingerprint density at radius 3 is 2.67 bits per heavy atom. The van der Waals surface area contributed by atoms with Crippen LogP contribution in [0, 0.1) is 23.1 Å². The molecule has 1 aromatic carbocycles. The zero-order valence-electron chi connectivity index (χ0n) is 8.41. The monoisotopic (exact) mass is 204 g/mol. The lowest BCUT2D eigenvalue weighted by molar-refractivity contribution is 0.303. The first-order valence-corrected chi connectivity index (χ1v) is 5.22. The van der Waals surface area contributed by atoms with E-state index in [2.05, 4.69) is 11.4 Å². The Morgan fingerprint density at radius 2 is 2.13 bits per heavy atom. The normalized spacial score (nSPS) is 17.6. The maximum absolute atomic E-state index is 13.3. The minimum absolute atomic E-state index is 0.254. The molecular formula is C12H13FN2. The van der Waals surface area contributed by atoms with E-state index >= 15 is 0 Å². The molecule has 2 rings (SSSR count). The van der Waals surface area contributed by atoms with Crippen molar-refractivity contribution in [3.05, 3.63) is 30.1 Å². The van der Waals surface area contributed by atoms with Crippen molar-refractivity contribution in [2.75, 3.05) is 5.32 Å². The number of rotatable bonds is 3. The summed E-state index contributed by atoms with van der Waals surface area (Å²) < 4.78 is 13.3. The number of benzene rings is 1. The van der Waals surface area contributed by atoms with Gasteiger partial charge in [-0.15, -0.1) is 0 Å². The summed E-state index contributed by atoms with van der Waals surface area (Å²) in [4.78, 5) is 0. The van der Waals surface area contributed by atoms with E-state index in [1.165, 1.54) is 12.5 Å². The van der Waals surface area contributed by atoms with Crippen LogP contribution in [0.2, 0.25) is 0 Å². The van der Waals surface area contributed by atoms with Crippen LogP contribution >= 0.6 is 0 Å². The molecule has 0 radical (unpaired) electrons. The van der Waals surface area contributed by atoms with Crippen molar-refractivity contribution < 1.29 is 4.39 Å². The van der Waals surface area contributed by atoms with E-state index in [-0.39, 0.29) is 11.9 Å². The maximum Gasteiger partial charge on any atom is 0.146 e. The lowest BCUT2D eigenvalue weighted by Gasteiger charge is -2.30. The molecule has 1 N–H and O–H groups in total. The molecule has 1 fully saturated rings. The standard InChI is InChI=1S/C12H13FN2/c13-10-6-1-2-7-11(10)15-12(8-14)9-4-3-5-9/h1-2,6-7,9,12,15H,3-5H2. The van der Waals surface area contributed by atoms with E-state index in [9.17, 15) is 4.39 Å². The largest absolute Gasteiger partial charge is 0.367 e. The summed E-state index contributed by atoms with van der Waals surface area (Å²) in [5, 5.41) is 11.9. The van der Waals surface area contributed by atoms with E-state index in [1.807, 2.05) is 0 Å². The van der Waals surface area contributed by atoms with E-state index in [0.29, 0.717) is 11.6 Å². The topological polar surface area (TPSA) is 35.8 Å². The average Bonchev–Trinajstić information content (AvgIpc) is 2.17. The molecule has 1 atom stereocenters.